The van der Waals surface area contributed by atoms with Gasteiger partial charge >= 0.3 is 5.97 Å². The van der Waals surface area contributed by atoms with Crippen molar-refractivity contribution in [3.05, 3.63) is 0 Å². The van der Waals surface area contributed by atoms with E-state index in [1.165, 1.54) is 0 Å². The van der Waals surface area contributed by atoms with E-state index in [9.17, 15) is 4.79 Å². The summed E-state index contributed by atoms with van der Waals surface area (Å²) in [5.74, 6) is -1.18. The van der Waals surface area contributed by atoms with E-state index in [4.69, 9.17) is 16.2 Å². The quantitative estimate of drug-likeness (QED) is 0.346. The summed E-state index contributed by atoms with van der Waals surface area (Å²) < 4.78 is 0. The van der Waals surface area contributed by atoms with E-state index in [1.807, 2.05) is 0 Å². The van der Waals surface area contributed by atoms with Gasteiger partial charge in [0.2, 0.25) is 0 Å². The first-order valence-corrected chi connectivity index (χ1v) is 3.43. The molecule has 1 heterocycles. The summed E-state index contributed by atoms with van der Waals surface area (Å²) in [6, 6.07) is 0. The van der Waals surface area contributed by atoms with Gasteiger partial charge in [-0.3, -0.25) is 10.2 Å². The van der Waals surface area contributed by atoms with Gasteiger partial charge < -0.3 is 15.7 Å². The summed E-state index contributed by atoms with van der Waals surface area (Å²) in [6.07, 6.45) is 0.592. The Morgan fingerprint density at radius 1 is 1.73 bits per heavy atom. The van der Waals surface area contributed by atoms with Crippen LogP contribution >= 0.6 is 0 Å². The molecule has 0 aromatic heterocycles. The highest BCUT2D eigenvalue weighted by molar-refractivity contribution is 5.77. The molecule has 1 aliphatic rings. The maximum atomic E-state index is 10.4. The van der Waals surface area contributed by atoms with Crippen molar-refractivity contribution < 1.29 is 9.90 Å². The predicted octanol–water partition coefficient (Wildman–Crippen LogP) is -0.714. The first-order valence-electron chi connectivity index (χ1n) is 3.43. The van der Waals surface area contributed by atoms with Crippen molar-refractivity contribution in [3.63, 3.8) is 0 Å². The molecule has 0 bridgehead atoms. The molecular formula is C6H11N3O2. The van der Waals surface area contributed by atoms with Crippen LogP contribution in [0.3, 0.4) is 0 Å². The van der Waals surface area contributed by atoms with Crippen LogP contribution in [0.2, 0.25) is 0 Å². The van der Waals surface area contributed by atoms with Gasteiger partial charge in [-0.05, 0) is 6.42 Å². The average Bonchev–Trinajstić information content (AvgIpc) is 2.33. The summed E-state index contributed by atoms with van der Waals surface area (Å²) in [4.78, 5) is 12.0. The van der Waals surface area contributed by atoms with Crippen molar-refractivity contribution >= 4 is 11.9 Å². The van der Waals surface area contributed by atoms with Gasteiger partial charge in [0.05, 0.1) is 5.92 Å². The molecule has 1 fully saturated rings. The highest BCUT2D eigenvalue weighted by Crippen LogP contribution is 2.14. The molecule has 0 amide bonds. The van der Waals surface area contributed by atoms with Crippen molar-refractivity contribution in [1.82, 2.24) is 4.90 Å². The molecule has 0 saturated carbocycles. The van der Waals surface area contributed by atoms with Crippen LogP contribution in [-0.2, 0) is 4.79 Å². The standard InChI is InChI=1S/C6H11N3O2/c7-6(8)9-2-1-4(3-9)5(10)11/h4H,1-3H2,(H3,7,8)(H,10,11)/t4-/m0/s1. The fourth-order valence-corrected chi connectivity index (χ4v) is 1.18. The molecule has 5 heteroatoms. The van der Waals surface area contributed by atoms with Gasteiger partial charge in [0.1, 0.15) is 0 Å². The molecule has 0 spiro atoms. The van der Waals surface area contributed by atoms with Crippen LogP contribution in [0.1, 0.15) is 6.42 Å². The van der Waals surface area contributed by atoms with Gasteiger partial charge in [0.15, 0.2) is 5.96 Å². The summed E-state index contributed by atoms with van der Waals surface area (Å²) in [7, 11) is 0. The van der Waals surface area contributed by atoms with E-state index >= 15 is 0 Å². The van der Waals surface area contributed by atoms with E-state index < -0.39 is 5.97 Å². The average molecular weight is 157 g/mol. The second-order valence-electron chi connectivity index (χ2n) is 2.66. The lowest BCUT2D eigenvalue weighted by Crippen LogP contribution is -2.35. The number of guanidine groups is 1. The SMILES string of the molecule is N=C(N)N1CC[C@H](C(=O)O)C1. The molecule has 0 aliphatic carbocycles. The number of rotatable bonds is 1. The lowest BCUT2D eigenvalue weighted by molar-refractivity contribution is -0.141. The number of nitrogens with one attached hydrogen (secondary N) is 1. The largest absolute Gasteiger partial charge is 0.481 e. The molecular weight excluding hydrogens is 146 g/mol. The third kappa shape index (κ3) is 1.60. The molecule has 1 saturated heterocycles. The molecule has 0 radical (unpaired) electrons. The topological polar surface area (TPSA) is 90.4 Å². The number of nitrogens with two attached hydrogens (primary N) is 1. The van der Waals surface area contributed by atoms with Gasteiger partial charge in [-0.15, -0.1) is 0 Å². The summed E-state index contributed by atoms with van der Waals surface area (Å²) >= 11 is 0. The number of carbonyl (C=O) groups is 1. The fraction of sp³-hybridized carbons (Fsp3) is 0.667. The fourth-order valence-electron chi connectivity index (χ4n) is 1.18. The minimum atomic E-state index is -0.797. The molecule has 4 N–H and O–H groups in total. The Hall–Kier alpha value is -1.26. The number of nitrogens with zero attached hydrogens (tertiary/aromatic N) is 1. The Labute approximate surface area is 64.3 Å². The first-order chi connectivity index (χ1) is 5.11. The van der Waals surface area contributed by atoms with Gasteiger partial charge in [-0.2, -0.15) is 0 Å². The maximum absolute atomic E-state index is 10.4. The van der Waals surface area contributed by atoms with Crippen LogP contribution in [0.15, 0.2) is 0 Å². The number of carboxylic acid groups (broad SMARTS) is 1. The van der Waals surface area contributed by atoms with Crippen molar-refractivity contribution in [1.29, 1.82) is 5.41 Å². The molecule has 0 aromatic rings. The summed E-state index contributed by atoms with van der Waals surface area (Å²) in [5.41, 5.74) is 5.18. The predicted molar refractivity (Wildman–Crippen MR) is 39.2 cm³/mol. The van der Waals surface area contributed by atoms with Gasteiger partial charge in [-0.1, -0.05) is 0 Å². The van der Waals surface area contributed by atoms with Gasteiger partial charge in [0, 0.05) is 13.1 Å². The molecule has 1 atom stereocenters. The van der Waals surface area contributed by atoms with Crippen LogP contribution in [0.4, 0.5) is 0 Å². The van der Waals surface area contributed by atoms with Gasteiger partial charge in [0.25, 0.3) is 0 Å². The van der Waals surface area contributed by atoms with Crippen molar-refractivity contribution in [2.24, 2.45) is 11.7 Å². The van der Waals surface area contributed by atoms with Crippen molar-refractivity contribution in [2.75, 3.05) is 13.1 Å². The minimum Gasteiger partial charge on any atom is -0.481 e. The number of carboxylic acids is 1. The van der Waals surface area contributed by atoms with Crippen LogP contribution in [0.25, 0.3) is 0 Å². The molecule has 11 heavy (non-hydrogen) atoms. The van der Waals surface area contributed by atoms with E-state index in [2.05, 4.69) is 0 Å². The van der Waals surface area contributed by atoms with E-state index in [0.717, 1.165) is 0 Å². The molecule has 0 aromatic carbocycles. The zero-order chi connectivity index (χ0) is 8.43. The van der Waals surface area contributed by atoms with Crippen LogP contribution in [-0.4, -0.2) is 35.0 Å². The zero-order valence-electron chi connectivity index (χ0n) is 6.08. The Balaban J connectivity index is 2.47. The molecule has 1 rings (SSSR count). The van der Waals surface area contributed by atoms with Crippen molar-refractivity contribution in [2.45, 2.75) is 6.42 Å². The molecule has 5 nitrogen and oxygen atoms in total. The lowest BCUT2D eigenvalue weighted by atomic mass is 10.1. The Kier molecular flexibility index (Phi) is 1.98. The van der Waals surface area contributed by atoms with Crippen LogP contribution in [0.5, 0.6) is 0 Å². The third-order valence-electron chi connectivity index (χ3n) is 1.88. The molecule has 0 unspecified atom stereocenters. The van der Waals surface area contributed by atoms with Crippen LogP contribution < -0.4 is 5.73 Å². The highest BCUT2D eigenvalue weighted by atomic mass is 16.4. The summed E-state index contributed by atoms with van der Waals surface area (Å²) in [6.45, 7) is 0.969. The van der Waals surface area contributed by atoms with Crippen molar-refractivity contribution in [3.8, 4) is 0 Å². The number of likely N-dealkylation sites (tertiary alicyclic amines) is 1. The normalized spacial score (nSPS) is 23.6. The zero-order valence-corrected chi connectivity index (χ0v) is 6.08. The number of hydrogen-bond acceptors (Lipinski definition) is 2. The summed E-state index contributed by atoms with van der Waals surface area (Å²) in [5, 5.41) is 15.6. The lowest BCUT2D eigenvalue weighted by Gasteiger charge is -2.13. The second-order valence-corrected chi connectivity index (χ2v) is 2.66. The third-order valence-corrected chi connectivity index (χ3v) is 1.88. The van der Waals surface area contributed by atoms with Crippen LogP contribution in [0, 0.1) is 11.3 Å². The number of hydrogen-bond donors (Lipinski definition) is 3. The Morgan fingerprint density at radius 3 is 2.64 bits per heavy atom. The monoisotopic (exact) mass is 157 g/mol. The Morgan fingerprint density at radius 2 is 2.36 bits per heavy atom. The smallest absolute Gasteiger partial charge is 0.308 e. The number of aliphatic carboxylic acids is 1. The minimum absolute atomic E-state index is 0.0336. The molecule has 1 aliphatic heterocycles. The molecule has 62 valence electrons. The Bertz CT molecular complexity index is 172. The van der Waals surface area contributed by atoms with E-state index in [-0.39, 0.29) is 11.9 Å². The van der Waals surface area contributed by atoms with E-state index in [0.29, 0.717) is 19.5 Å². The first kappa shape index (κ1) is 7.84. The van der Waals surface area contributed by atoms with Gasteiger partial charge in [-0.25, -0.2) is 0 Å². The maximum Gasteiger partial charge on any atom is 0.308 e. The second kappa shape index (κ2) is 2.77. The van der Waals surface area contributed by atoms with E-state index in [1.54, 1.807) is 4.90 Å². The highest BCUT2D eigenvalue weighted by Gasteiger charge is 2.28.